The van der Waals surface area contributed by atoms with Crippen LogP contribution in [0.2, 0.25) is 0 Å². The maximum atomic E-state index is 12.5. The number of aromatic nitrogens is 1. The molecular formula is C16H18N2O3S. The van der Waals surface area contributed by atoms with Crippen LogP contribution >= 0.6 is 11.3 Å². The minimum atomic E-state index is -0.697. The minimum Gasteiger partial charge on any atom is -0.461 e. The number of hydrogen-bond acceptors (Lipinski definition) is 5. The Hall–Kier alpha value is -2.21. The highest BCUT2D eigenvalue weighted by Gasteiger charge is 2.30. The molecule has 6 heteroatoms. The smallest absolute Gasteiger partial charge is 0.357 e. The first-order valence-electron chi connectivity index (χ1n) is 6.94. The van der Waals surface area contributed by atoms with Crippen molar-refractivity contribution in [1.29, 1.82) is 0 Å². The lowest BCUT2D eigenvalue weighted by Crippen LogP contribution is -2.34. The Bertz CT molecular complexity index is 665. The molecule has 0 radical (unpaired) electrons. The number of ether oxygens (including phenoxy) is 1. The van der Waals surface area contributed by atoms with Gasteiger partial charge >= 0.3 is 5.97 Å². The van der Waals surface area contributed by atoms with Crippen molar-refractivity contribution in [3.05, 3.63) is 47.0 Å². The predicted molar refractivity (Wildman–Crippen MR) is 86.2 cm³/mol. The number of benzene rings is 1. The van der Waals surface area contributed by atoms with E-state index < -0.39 is 11.4 Å². The van der Waals surface area contributed by atoms with Crippen molar-refractivity contribution in [1.82, 2.24) is 4.98 Å². The lowest BCUT2D eigenvalue weighted by atomic mass is 9.84. The molecule has 0 bridgehead atoms. The van der Waals surface area contributed by atoms with Gasteiger partial charge in [-0.25, -0.2) is 9.78 Å². The summed E-state index contributed by atoms with van der Waals surface area (Å²) in [5.74, 6) is -0.662. The van der Waals surface area contributed by atoms with Crippen LogP contribution in [0.15, 0.2) is 35.7 Å². The van der Waals surface area contributed by atoms with Gasteiger partial charge in [0, 0.05) is 5.38 Å². The zero-order valence-electron chi connectivity index (χ0n) is 12.8. The fraction of sp³-hybridized carbons (Fsp3) is 0.312. The van der Waals surface area contributed by atoms with Crippen molar-refractivity contribution in [2.75, 3.05) is 11.9 Å². The van der Waals surface area contributed by atoms with E-state index in [-0.39, 0.29) is 11.6 Å². The number of thiazole rings is 1. The van der Waals surface area contributed by atoms with Gasteiger partial charge < -0.3 is 10.1 Å². The number of hydrogen-bond donors (Lipinski definition) is 1. The minimum absolute atomic E-state index is 0.177. The van der Waals surface area contributed by atoms with E-state index in [1.807, 2.05) is 44.2 Å². The molecule has 2 rings (SSSR count). The summed E-state index contributed by atoms with van der Waals surface area (Å²) < 4.78 is 4.88. The first-order chi connectivity index (χ1) is 10.4. The van der Waals surface area contributed by atoms with Crippen molar-refractivity contribution in [3.8, 4) is 0 Å². The molecule has 5 nitrogen and oxygen atoms in total. The summed E-state index contributed by atoms with van der Waals surface area (Å²) in [5, 5.41) is 4.72. The van der Waals surface area contributed by atoms with Crippen molar-refractivity contribution in [3.63, 3.8) is 0 Å². The monoisotopic (exact) mass is 318 g/mol. The summed E-state index contributed by atoms with van der Waals surface area (Å²) in [6, 6.07) is 9.51. The van der Waals surface area contributed by atoms with E-state index in [9.17, 15) is 9.59 Å². The normalized spacial score (nSPS) is 11.0. The zero-order chi connectivity index (χ0) is 16.2. The van der Waals surface area contributed by atoms with Crippen molar-refractivity contribution in [2.45, 2.75) is 26.2 Å². The van der Waals surface area contributed by atoms with Gasteiger partial charge in [0.15, 0.2) is 10.8 Å². The van der Waals surface area contributed by atoms with Crippen LogP contribution in [0.3, 0.4) is 0 Å². The van der Waals surface area contributed by atoms with E-state index in [0.717, 1.165) is 5.56 Å². The van der Waals surface area contributed by atoms with Gasteiger partial charge in [-0.1, -0.05) is 30.3 Å². The van der Waals surface area contributed by atoms with Crippen LogP contribution < -0.4 is 5.32 Å². The Labute approximate surface area is 133 Å². The fourth-order valence-corrected chi connectivity index (χ4v) is 2.54. The van der Waals surface area contributed by atoms with Crippen LogP contribution in [0.25, 0.3) is 0 Å². The van der Waals surface area contributed by atoms with Gasteiger partial charge in [-0.3, -0.25) is 4.79 Å². The SMILES string of the molecule is CCOC(=O)c1csc(NC(=O)C(C)(C)c2ccccc2)n1. The third kappa shape index (κ3) is 3.51. The predicted octanol–water partition coefficient (Wildman–Crippen LogP) is 3.24. The molecule has 0 saturated heterocycles. The highest BCUT2D eigenvalue weighted by Crippen LogP contribution is 2.26. The van der Waals surface area contributed by atoms with Gasteiger partial charge in [-0.2, -0.15) is 0 Å². The van der Waals surface area contributed by atoms with E-state index in [0.29, 0.717) is 11.7 Å². The maximum Gasteiger partial charge on any atom is 0.357 e. The van der Waals surface area contributed by atoms with Gasteiger partial charge in [0.2, 0.25) is 5.91 Å². The summed E-state index contributed by atoms with van der Waals surface area (Å²) in [6.07, 6.45) is 0. The fourth-order valence-electron chi connectivity index (χ4n) is 1.87. The number of nitrogens with one attached hydrogen (secondary N) is 1. The number of rotatable bonds is 5. The molecule has 0 aliphatic rings. The van der Waals surface area contributed by atoms with E-state index in [1.165, 1.54) is 11.3 Å². The summed E-state index contributed by atoms with van der Waals surface area (Å²) in [4.78, 5) is 28.1. The molecule has 0 aliphatic carbocycles. The highest BCUT2D eigenvalue weighted by atomic mass is 32.1. The molecular weight excluding hydrogens is 300 g/mol. The summed E-state index contributed by atoms with van der Waals surface area (Å²) in [6.45, 7) is 5.71. The quantitative estimate of drug-likeness (QED) is 0.859. The Morgan fingerprint density at radius 1 is 1.27 bits per heavy atom. The van der Waals surface area contributed by atoms with Crippen LogP contribution in [0.1, 0.15) is 36.8 Å². The lowest BCUT2D eigenvalue weighted by molar-refractivity contribution is -0.120. The Balaban J connectivity index is 2.10. The Kier molecular flexibility index (Phi) is 4.92. The molecule has 0 unspecified atom stereocenters. The molecule has 1 heterocycles. The average molecular weight is 318 g/mol. The lowest BCUT2D eigenvalue weighted by Gasteiger charge is -2.23. The molecule has 116 valence electrons. The topological polar surface area (TPSA) is 68.3 Å². The molecule has 22 heavy (non-hydrogen) atoms. The number of carbonyl (C=O) groups excluding carboxylic acids is 2. The van der Waals surface area contributed by atoms with Gasteiger partial charge in [-0.05, 0) is 26.3 Å². The van der Waals surface area contributed by atoms with Gasteiger partial charge in [0.05, 0.1) is 12.0 Å². The first-order valence-corrected chi connectivity index (χ1v) is 7.82. The van der Waals surface area contributed by atoms with Crippen molar-refractivity contribution >= 4 is 28.3 Å². The molecule has 0 spiro atoms. The summed E-state index contributed by atoms with van der Waals surface area (Å²) >= 11 is 1.20. The molecule has 0 saturated carbocycles. The largest absolute Gasteiger partial charge is 0.461 e. The van der Waals surface area contributed by atoms with Crippen LogP contribution in [-0.4, -0.2) is 23.5 Å². The standard InChI is InChI=1S/C16H18N2O3S/c1-4-21-13(19)12-10-22-15(17-12)18-14(20)16(2,3)11-8-6-5-7-9-11/h5-10H,4H2,1-3H3,(H,17,18,20). The Morgan fingerprint density at radius 3 is 2.59 bits per heavy atom. The third-order valence-electron chi connectivity index (χ3n) is 3.27. The number of nitrogens with zero attached hydrogens (tertiary/aromatic N) is 1. The molecule has 1 N–H and O–H groups in total. The molecule has 0 fully saturated rings. The highest BCUT2D eigenvalue weighted by molar-refractivity contribution is 7.14. The molecule has 1 aromatic heterocycles. The second-order valence-electron chi connectivity index (χ2n) is 5.20. The van der Waals surface area contributed by atoms with Crippen molar-refractivity contribution < 1.29 is 14.3 Å². The maximum absolute atomic E-state index is 12.5. The summed E-state index contributed by atoms with van der Waals surface area (Å²) in [7, 11) is 0. The van der Waals surface area contributed by atoms with E-state index >= 15 is 0 Å². The van der Waals surface area contributed by atoms with E-state index in [2.05, 4.69) is 10.3 Å². The van der Waals surface area contributed by atoms with Crippen LogP contribution in [-0.2, 0) is 14.9 Å². The molecule has 1 amide bonds. The third-order valence-corrected chi connectivity index (χ3v) is 4.03. The molecule has 0 aliphatic heterocycles. The van der Waals surface area contributed by atoms with Crippen LogP contribution in [0.4, 0.5) is 5.13 Å². The number of anilines is 1. The second-order valence-corrected chi connectivity index (χ2v) is 6.06. The van der Waals surface area contributed by atoms with Gasteiger partial charge in [0.25, 0.3) is 0 Å². The number of esters is 1. The summed E-state index contributed by atoms with van der Waals surface area (Å²) in [5.41, 5.74) is 0.422. The van der Waals surface area contributed by atoms with Crippen LogP contribution in [0, 0.1) is 0 Å². The van der Waals surface area contributed by atoms with Crippen molar-refractivity contribution in [2.24, 2.45) is 0 Å². The average Bonchev–Trinajstić information content (AvgIpc) is 2.97. The molecule has 1 aromatic carbocycles. The molecule has 0 atom stereocenters. The first kappa shape index (κ1) is 16.2. The Morgan fingerprint density at radius 2 is 1.95 bits per heavy atom. The van der Waals surface area contributed by atoms with Crippen LogP contribution in [0.5, 0.6) is 0 Å². The van der Waals surface area contributed by atoms with Gasteiger partial charge in [-0.15, -0.1) is 11.3 Å². The number of amides is 1. The number of carbonyl (C=O) groups is 2. The molecule has 2 aromatic rings. The van der Waals surface area contributed by atoms with E-state index in [4.69, 9.17) is 4.74 Å². The van der Waals surface area contributed by atoms with E-state index in [1.54, 1.807) is 12.3 Å². The van der Waals surface area contributed by atoms with Gasteiger partial charge in [0.1, 0.15) is 0 Å². The second kappa shape index (κ2) is 6.70. The zero-order valence-corrected chi connectivity index (χ0v) is 13.6.